The molecule has 9 heteroatoms. The molecule has 0 atom stereocenters. The molecule has 25 heavy (non-hydrogen) atoms. The highest BCUT2D eigenvalue weighted by Crippen LogP contribution is 2.16. The predicted molar refractivity (Wildman–Crippen MR) is 91.8 cm³/mol. The van der Waals surface area contributed by atoms with Crippen LogP contribution >= 0.6 is 0 Å². The molecule has 1 amide bonds. The number of ether oxygens (including phenoxy) is 1. The second-order valence-corrected chi connectivity index (χ2v) is 6.30. The van der Waals surface area contributed by atoms with Gasteiger partial charge in [0, 0.05) is 24.4 Å². The highest BCUT2D eigenvalue weighted by molar-refractivity contribution is 5.80. The number of esters is 1. The number of carbonyl (C=O) groups excluding carboxylic acids is 2. The van der Waals surface area contributed by atoms with Crippen LogP contribution in [0.2, 0.25) is 0 Å². The average molecular weight is 348 g/mol. The molecule has 0 aliphatic heterocycles. The van der Waals surface area contributed by atoms with Gasteiger partial charge in [-0.3, -0.25) is 9.59 Å². The Morgan fingerprint density at radius 3 is 2.68 bits per heavy atom. The van der Waals surface area contributed by atoms with E-state index in [9.17, 15) is 9.59 Å². The van der Waals surface area contributed by atoms with Crippen molar-refractivity contribution in [2.75, 3.05) is 18.9 Å². The van der Waals surface area contributed by atoms with Gasteiger partial charge in [-0.2, -0.15) is 9.50 Å². The van der Waals surface area contributed by atoms with Gasteiger partial charge in [-0.05, 0) is 31.7 Å². The van der Waals surface area contributed by atoms with E-state index in [4.69, 9.17) is 10.5 Å². The highest BCUT2D eigenvalue weighted by atomic mass is 16.5. The summed E-state index contributed by atoms with van der Waals surface area (Å²) in [4.78, 5) is 31.8. The van der Waals surface area contributed by atoms with Crippen LogP contribution in [0.1, 0.15) is 37.2 Å². The van der Waals surface area contributed by atoms with Crippen molar-refractivity contribution in [2.45, 2.75) is 40.5 Å². The molecule has 2 aromatic rings. The zero-order chi connectivity index (χ0) is 18.6. The van der Waals surface area contributed by atoms with Gasteiger partial charge in [0.05, 0.1) is 0 Å². The van der Waals surface area contributed by atoms with Gasteiger partial charge in [0.1, 0.15) is 0 Å². The Kier molecular flexibility index (Phi) is 5.89. The molecule has 3 N–H and O–H groups in total. The summed E-state index contributed by atoms with van der Waals surface area (Å²) in [5, 5.41) is 6.78. The Morgan fingerprint density at radius 1 is 1.28 bits per heavy atom. The summed E-state index contributed by atoms with van der Waals surface area (Å²) in [6, 6.07) is 0. The lowest BCUT2D eigenvalue weighted by molar-refractivity contribution is -0.148. The van der Waals surface area contributed by atoms with E-state index >= 15 is 0 Å². The number of nitrogens with zero attached hydrogens (tertiary/aromatic N) is 4. The van der Waals surface area contributed by atoms with Gasteiger partial charge in [-0.25, -0.2) is 4.98 Å². The van der Waals surface area contributed by atoms with Gasteiger partial charge in [-0.1, -0.05) is 13.8 Å². The van der Waals surface area contributed by atoms with E-state index < -0.39 is 5.97 Å². The molecule has 0 radical (unpaired) electrons. The second kappa shape index (κ2) is 7.91. The molecule has 0 bridgehead atoms. The number of hydrogen-bond donors (Lipinski definition) is 2. The summed E-state index contributed by atoms with van der Waals surface area (Å²) in [6.07, 6.45) is 0.587. The third-order valence-electron chi connectivity index (χ3n) is 3.72. The third kappa shape index (κ3) is 4.88. The molecule has 9 nitrogen and oxygen atoms in total. The molecule has 0 spiro atoms. The van der Waals surface area contributed by atoms with Crippen molar-refractivity contribution in [3.05, 3.63) is 17.0 Å². The number of anilines is 1. The van der Waals surface area contributed by atoms with E-state index in [0.29, 0.717) is 24.7 Å². The van der Waals surface area contributed by atoms with Gasteiger partial charge in [0.25, 0.3) is 11.7 Å². The summed E-state index contributed by atoms with van der Waals surface area (Å²) in [7, 11) is 0. The van der Waals surface area contributed by atoms with Crippen molar-refractivity contribution in [3.8, 4) is 0 Å². The molecule has 0 aromatic carbocycles. The fourth-order valence-corrected chi connectivity index (χ4v) is 2.40. The van der Waals surface area contributed by atoms with E-state index in [1.165, 1.54) is 0 Å². The lowest BCUT2D eigenvalue weighted by Gasteiger charge is -2.10. The number of nitrogen functional groups attached to an aromatic ring is 1. The predicted octanol–water partition coefficient (Wildman–Crippen LogP) is 0.571. The number of amides is 1. The maximum absolute atomic E-state index is 11.9. The number of nitrogens with one attached hydrogen (secondary N) is 1. The molecule has 0 saturated heterocycles. The van der Waals surface area contributed by atoms with Crippen LogP contribution in [0.5, 0.6) is 0 Å². The summed E-state index contributed by atoms with van der Waals surface area (Å²) < 4.78 is 6.56. The number of rotatable bonds is 7. The molecule has 0 fully saturated rings. The van der Waals surface area contributed by atoms with Crippen molar-refractivity contribution >= 4 is 23.6 Å². The topological polar surface area (TPSA) is 124 Å². The number of carbonyl (C=O) groups is 2. The number of nitrogens with two attached hydrogens (primary N) is 1. The summed E-state index contributed by atoms with van der Waals surface area (Å²) in [5.41, 5.74) is 8.08. The lowest BCUT2D eigenvalue weighted by atomic mass is 10.1. The van der Waals surface area contributed by atoms with Crippen LogP contribution < -0.4 is 11.1 Å². The van der Waals surface area contributed by atoms with Gasteiger partial charge in [0.2, 0.25) is 5.95 Å². The van der Waals surface area contributed by atoms with Crippen LogP contribution in [-0.4, -0.2) is 44.6 Å². The van der Waals surface area contributed by atoms with Gasteiger partial charge >= 0.3 is 5.97 Å². The van der Waals surface area contributed by atoms with Crippen molar-refractivity contribution in [2.24, 2.45) is 5.92 Å². The molecular formula is C16H24N6O3. The van der Waals surface area contributed by atoms with Crippen LogP contribution in [-0.2, 0) is 20.7 Å². The first-order chi connectivity index (χ1) is 11.8. The normalized spacial score (nSPS) is 11.1. The number of fused-ring (bicyclic) bond motifs is 1. The SMILES string of the molecule is Cc1nc2nc(N)nn2c(C)c1CCC(=O)OCC(=O)NCC(C)C. The first-order valence-electron chi connectivity index (χ1n) is 8.18. The Morgan fingerprint density at radius 2 is 2.00 bits per heavy atom. The van der Waals surface area contributed by atoms with Crippen molar-refractivity contribution < 1.29 is 14.3 Å². The van der Waals surface area contributed by atoms with Crippen molar-refractivity contribution in [1.82, 2.24) is 24.9 Å². The van der Waals surface area contributed by atoms with Crippen LogP contribution in [0, 0.1) is 19.8 Å². The minimum Gasteiger partial charge on any atom is -0.456 e. The first kappa shape index (κ1) is 18.6. The molecule has 2 heterocycles. The lowest BCUT2D eigenvalue weighted by Crippen LogP contribution is -2.31. The quantitative estimate of drug-likeness (QED) is 0.701. The number of aromatic nitrogens is 4. The molecule has 136 valence electrons. The van der Waals surface area contributed by atoms with E-state index in [0.717, 1.165) is 17.0 Å². The van der Waals surface area contributed by atoms with E-state index in [1.54, 1.807) is 4.52 Å². The largest absolute Gasteiger partial charge is 0.456 e. The maximum Gasteiger partial charge on any atom is 0.306 e. The van der Waals surface area contributed by atoms with Gasteiger partial charge in [-0.15, -0.1) is 5.10 Å². The minimum atomic E-state index is -0.434. The Balaban J connectivity index is 1.91. The number of aryl methyl sites for hydroxylation is 2. The van der Waals surface area contributed by atoms with Crippen molar-refractivity contribution in [1.29, 1.82) is 0 Å². The number of hydrogen-bond acceptors (Lipinski definition) is 7. The smallest absolute Gasteiger partial charge is 0.306 e. The maximum atomic E-state index is 11.9. The Hall–Kier alpha value is -2.71. The molecule has 0 unspecified atom stereocenters. The van der Waals surface area contributed by atoms with Gasteiger partial charge in [0.15, 0.2) is 6.61 Å². The van der Waals surface area contributed by atoms with Crippen molar-refractivity contribution in [3.63, 3.8) is 0 Å². The van der Waals surface area contributed by atoms with E-state index in [1.807, 2.05) is 27.7 Å². The monoisotopic (exact) mass is 348 g/mol. The average Bonchev–Trinajstić information content (AvgIpc) is 2.91. The standard InChI is InChI=1S/C16H24N6O3/c1-9(2)7-18-13(23)8-25-14(24)6-5-12-10(3)19-16-20-15(17)21-22(16)11(12)4/h9H,5-8H2,1-4H3,(H2,17,21)(H,18,23). The summed E-state index contributed by atoms with van der Waals surface area (Å²) >= 11 is 0. The third-order valence-corrected chi connectivity index (χ3v) is 3.72. The highest BCUT2D eigenvalue weighted by Gasteiger charge is 2.15. The fraction of sp³-hybridized carbons (Fsp3) is 0.562. The molecule has 0 saturated carbocycles. The fourth-order valence-electron chi connectivity index (χ4n) is 2.40. The van der Waals surface area contributed by atoms with Crippen LogP contribution in [0.15, 0.2) is 0 Å². The molecule has 0 aliphatic carbocycles. The van der Waals surface area contributed by atoms with Crippen LogP contribution in [0.3, 0.4) is 0 Å². The first-order valence-corrected chi connectivity index (χ1v) is 8.18. The van der Waals surface area contributed by atoms with Crippen LogP contribution in [0.4, 0.5) is 5.95 Å². The Labute approximate surface area is 146 Å². The molecule has 2 aromatic heterocycles. The Bertz CT molecular complexity index is 784. The van der Waals surface area contributed by atoms with E-state index in [2.05, 4.69) is 20.4 Å². The summed E-state index contributed by atoms with van der Waals surface area (Å²) in [6.45, 7) is 7.99. The molecule has 2 rings (SSSR count). The van der Waals surface area contributed by atoms with E-state index in [-0.39, 0.29) is 24.9 Å². The molecule has 0 aliphatic rings. The molecular weight excluding hydrogens is 324 g/mol. The zero-order valence-corrected chi connectivity index (χ0v) is 15.0. The van der Waals surface area contributed by atoms with Crippen LogP contribution in [0.25, 0.3) is 5.78 Å². The zero-order valence-electron chi connectivity index (χ0n) is 15.0. The summed E-state index contributed by atoms with van der Waals surface area (Å²) in [5.74, 6) is 0.200. The minimum absolute atomic E-state index is 0.149. The van der Waals surface area contributed by atoms with Gasteiger partial charge < -0.3 is 15.8 Å². The second-order valence-electron chi connectivity index (χ2n) is 6.30.